The lowest BCUT2D eigenvalue weighted by atomic mass is 9.89. The molecule has 0 radical (unpaired) electrons. The number of fused-ring (bicyclic) bond motifs is 5. The predicted octanol–water partition coefficient (Wildman–Crippen LogP) is 1.30. The molecule has 4 aliphatic heterocycles. The Morgan fingerprint density at radius 1 is 0.849 bits per heavy atom. The van der Waals surface area contributed by atoms with Crippen LogP contribution in [0.2, 0.25) is 0 Å². The van der Waals surface area contributed by atoms with Crippen LogP contribution in [0.5, 0.6) is 0 Å². The Labute approximate surface area is 539 Å². The summed E-state index contributed by atoms with van der Waals surface area (Å²) in [5.74, 6) is -4.05. The third kappa shape index (κ3) is 17.0. The van der Waals surface area contributed by atoms with Gasteiger partial charge >= 0.3 is 31.7 Å². The first-order chi connectivity index (χ1) is 44.1. The Bertz CT molecular complexity index is 3720. The highest BCUT2D eigenvalue weighted by atomic mass is 32.5. The molecule has 40 heteroatoms. The molecule has 504 valence electrons. The van der Waals surface area contributed by atoms with Gasteiger partial charge < -0.3 is 85.7 Å². The van der Waals surface area contributed by atoms with Crippen molar-refractivity contribution in [2.75, 3.05) is 56.7 Å². The molecule has 2 bridgehead atoms. The molecule has 4 aliphatic rings. The minimum atomic E-state index is -4.50. The van der Waals surface area contributed by atoms with Crippen LogP contribution in [0, 0.1) is 17.8 Å². The van der Waals surface area contributed by atoms with Gasteiger partial charge in [-0.05, 0) is 67.0 Å². The van der Waals surface area contributed by atoms with Gasteiger partial charge in [0.15, 0.2) is 47.3 Å². The Kier molecular flexibility index (Phi) is 22.3. The topological polar surface area (TPSA) is 488 Å². The number of imidazole rings is 2. The Hall–Kier alpha value is -7.58. The third-order valence-corrected chi connectivity index (χ3v) is 18.5. The number of aliphatic hydroxyl groups is 1. The number of nitrogens with zero attached hydrogens (tertiary/aromatic N) is 10. The number of aliphatic hydroxyl groups excluding tert-OH is 1. The molecular weight excluding hydrogens is 1310 g/mol. The number of rotatable bonds is 22. The van der Waals surface area contributed by atoms with Crippen LogP contribution < -0.4 is 33.2 Å². The van der Waals surface area contributed by atoms with Gasteiger partial charge in [0.05, 0.1) is 38.5 Å². The van der Waals surface area contributed by atoms with Gasteiger partial charge in [-0.1, -0.05) is 32.9 Å². The summed E-state index contributed by atoms with van der Waals surface area (Å²) in [5, 5.41) is 19.5. The molecule has 12 N–H and O–H groups in total. The largest absolute Gasteiger partial charge is 0.509 e. The molecule has 5 aromatic rings. The van der Waals surface area contributed by atoms with Crippen molar-refractivity contribution >= 4 is 124 Å². The van der Waals surface area contributed by atoms with Gasteiger partial charge in [0.2, 0.25) is 23.6 Å². The first-order valence-corrected chi connectivity index (χ1v) is 34.3. The smallest absolute Gasteiger partial charge is 0.445 e. The molecule has 5 unspecified atom stereocenters. The second-order valence-electron chi connectivity index (χ2n) is 22.7. The molecule has 4 saturated heterocycles. The molecular formula is C53H70N16O20P2S2. The molecule has 0 saturated carbocycles. The fourth-order valence-electron chi connectivity index (χ4n) is 10.7. The van der Waals surface area contributed by atoms with E-state index in [9.17, 15) is 53.2 Å². The maximum atomic E-state index is 13.9. The normalized spacial score (nSPS) is 26.7. The summed E-state index contributed by atoms with van der Waals surface area (Å²) < 4.78 is 55.9. The lowest BCUT2D eigenvalue weighted by Gasteiger charge is -2.29. The number of hydrogen-bond donors (Lipinski definition) is 9. The van der Waals surface area contributed by atoms with Crippen molar-refractivity contribution in [2.45, 2.75) is 128 Å². The number of likely N-dealkylation sites (N-methyl/N-ethyl adjacent to an activating group) is 1. The maximum absolute atomic E-state index is 13.9. The zero-order chi connectivity index (χ0) is 67.2. The summed E-state index contributed by atoms with van der Waals surface area (Å²) in [4.78, 5) is 154. The van der Waals surface area contributed by atoms with Crippen molar-refractivity contribution in [2.24, 2.45) is 23.5 Å². The number of aromatic nitrogens is 8. The predicted molar refractivity (Wildman–Crippen MR) is 328 cm³/mol. The molecule has 4 aromatic heterocycles. The van der Waals surface area contributed by atoms with Gasteiger partial charge in [0.1, 0.15) is 66.9 Å². The number of likely N-dealkylation sites (tertiary alicyclic amines) is 1. The molecule has 8 heterocycles. The number of nitrogens with one attached hydrogen (secondary N) is 3. The maximum Gasteiger partial charge on any atom is 0.509 e. The van der Waals surface area contributed by atoms with E-state index in [0.717, 1.165) is 16.1 Å². The van der Waals surface area contributed by atoms with Crippen molar-refractivity contribution in [3.63, 3.8) is 0 Å². The quantitative estimate of drug-likeness (QED) is 0.0204. The van der Waals surface area contributed by atoms with E-state index in [-0.39, 0.29) is 104 Å². The summed E-state index contributed by atoms with van der Waals surface area (Å²) in [5.41, 5.74) is 18.7. The monoisotopic (exact) mass is 1380 g/mol. The first kappa shape index (κ1) is 69.8. The number of amides is 7. The highest BCUT2D eigenvalue weighted by Gasteiger charge is 2.55. The lowest BCUT2D eigenvalue weighted by Crippen LogP contribution is -2.46. The van der Waals surface area contributed by atoms with Crippen LogP contribution in [0.4, 0.5) is 31.7 Å². The summed E-state index contributed by atoms with van der Waals surface area (Å²) in [6.45, 7) is -4.26. The fraction of sp³-hybridized carbons (Fsp3) is 0.547. The van der Waals surface area contributed by atoms with Gasteiger partial charge in [-0.3, -0.25) is 47.1 Å². The van der Waals surface area contributed by atoms with Gasteiger partial charge in [-0.2, -0.15) is 0 Å². The molecule has 36 nitrogen and oxygen atoms in total. The summed E-state index contributed by atoms with van der Waals surface area (Å²) in [6.07, 6.45) is -10.4. The zero-order valence-electron chi connectivity index (χ0n) is 50.6. The van der Waals surface area contributed by atoms with Crippen LogP contribution in [0.25, 0.3) is 22.3 Å². The van der Waals surface area contributed by atoms with Gasteiger partial charge in [0, 0.05) is 56.9 Å². The van der Waals surface area contributed by atoms with Crippen molar-refractivity contribution in [3.05, 3.63) is 55.1 Å². The molecule has 7 amide bonds. The number of hydrogen-bond acceptors (Lipinski definition) is 28. The molecule has 1 aromatic carbocycles. The van der Waals surface area contributed by atoms with E-state index in [4.69, 9.17) is 82.6 Å². The van der Waals surface area contributed by atoms with E-state index >= 15 is 0 Å². The molecule has 93 heavy (non-hydrogen) atoms. The minimum Gasteiger partial charge on any atom is -0.445 e. The SMILES string of the molecule is CC(CN(C)C(=O)OCc1ccc(NC(=O)[C@H](CCCNC(N)=O)CC(=O)[C@@H](NC(=O)CCN2C(=O)CC(C)C2=O)C(C)C)cc1)OC(=O)O[C@@H]1C2OP(O)(=S)OC[C@H]3O[C@@H](n4cnc5c(N)ncnc54)[C@H](OP(O)(=S)OC[C@H]2O[C@H]1n1cnc2c(N)ncnc21)[C@@H]3O. The Balaban J connectivity index is 0.810. The average Bonchev–Trinajstić information content (AvgIpc) is 1.62. The van der Waals surface area contributed by atoms with Crippen molar-refractivity contribution in [1.29, 1.82) is 0 Å². The van der Waals surface area contributed by atoms with Crippen molar-refractivity contribution < 1.29 is 95.0 Å². The van der Waals surface area contributed by atoms with Gasteiger partial charge in [-0.15, -0.1) is 0 Å². The molecule has 14 atom stereocenters. The second kappa shape index (κ2) is 29.8. The van der Waals surface area contributed by atoms with Crippen LogP contribution in [0.1, 0.15) is 77.8 Å². The summed E-state index contributed by atoms with van der Waals surface area (Å²) in [6, 6.07) is 4.49. The fourth-order valence-corrected chi connectivity index (χ4v) is 13.6. The number of nitrogens with two attached hydrogens (primary N) is 3. The lowest BCUT2D eigenvalue weighted by molar-refractivity contribution is -0.140. The number of anilines is 3. The Morgan fingerprint density at radius 2 is 1.45 bits per heavy atom. The van der Waals surface area contributed by atoms with E-state index in [1.807, 2.05) is 0 Å². The van der Waals surface area contributed by atoms with E-state index in [0.29, 0.717) is 11.3 Å². The minimum absolute atomic E-state index is 0.0199. The van der Waals surface area contributed by atoms with Crippen LogP contribution in [0.15, 0.2) is 49.6 Å². The van der Waals surface area contributed by atoms with E-state index in [2.05, 4.69) is 45.9 Å². The molecule has 9 rings (SSSR count). The number of ether oxygens (including phenoxy) is 5. The van der Waals surface area contributed by atoms with E-state index in [1.165, 1.54) is 42.1 Å². The number of carbonyl (C=O) groups excluding carboxylic acids is 8. The number of carbonyl (C=O) groups is 8. The third-order valence-electron chi connectivity index (χ3n) is 15.4. The average molecular weight is 1380 g/mol. The number of benzene rings is 1. The Morgan fingerprint density at radius 3 is 2.05 bits per heavy atom. The van der Waals surface area contributed by atoms with Crippen LogP contribution >= 0.6 is 13.4 Å². The molecule has 0 aliphatic carbocycles. The summed E-state index contributed by atoms with van der Waals surface area (Å²) >= 11 is 10.9. The number of urea groups is 1. The number of imide groups is 1. The zero-order valence-corrected chi connectivity index (χ0v) is 54.0. The molecule has 0 spiro atoms. The van der Waals surface area contributed by atoms with Crippen LogP contribution in [0.3, 0.4) is 0 Å². The first-order valence-electron chi connectivity index (χ1n) is 29.1. The van der Waals surface area contributed by atoms with E-state index < -0.39 is 142 Å². The van der Waals surface area contributed by atoms with Crippen LogP contribution in [-0.4, -0.2) is 200 Å². The van der Waals surface area contributed by atoms with Gasteiger partial charge in [0.25, 0.3) is 0 Å². The van der Waals surface area contributed by atoms with Crippen molar-refractivity contribution in [1.82, 2.24) is 59.5 Å². The van der Waals surface area contributed by atoms with Crippen molar-refractivity contribution in [3.8, 4) is 0 Å². The number of nitrogen functional groups attached to an aromatic ring is 2. The molecule has 4 fully saturated rings. The number of Topliss-reactive ketones (excluding diaryl/α,β-unsaturated/α-hetero) is 1. The second-order valence-corrected chi connectivity index (χ2v) is 28.2. The van der Waals surface area contributed by atoms with Crippen LogP contribution in [-0.2, 0) is 96.0 Å². The highest BCUT2D eigenvalue weighted by molar-refractivity contribution is 8.07. The number of primary amides is 1. The number of ketones is 1. The summed E-state index contributed by atoms with van der Waals surface area (Å²) in [7, 11) is 1.38. The van der Waals surface area contributed by atoms with Gasteiger partial charge in [-0.25, -0.2) is 44.3 Å². The van der Waals surface area contributed by atoms with E-state index in [1.54, 1.807) is 45.0 Å². The standard InChI is InChI=1S/C53H70N16O20P2S2/c1-25(2)36(65-34(71)12-14-67-35(72)15-26(3)48(67)75)31(70)16-29(7-6-13-57-51(56)76)47(74)64-30-10-8-28(9-11-30)18-81-52(77)66(5)17-27(4)84-53(78)87-42-40-33(86-50(42)69-24-63-38-44(55)59-22-61-46(38)69)20-83-91(80,93)89-41-39(73)32(19-82-90(79,92)88-40)85-49(41)68-23-62-37-43(54)58-21-60-45(37)68/h8-11,21-27,29,32-33,36,39-42,49-50,73H,6-7,12-20H2,1-5H3,(H,64,74)(H,65,71)(H,79,92)(H,80,93)(H2,54,58,60)(H2,55,59,61)(H3,56,57,76)/t26?,27?,29-,32-,33-,36+,39-,40?,41-,42-,49-,50-,90?,91?/m1/s1. The highest BCUT2D eigenvalue weighted by Crippen LogP contribution is 2.54.